The maximum atomic E-state index is 12.2. The summed E-state index contributed by atoms with van der Waals surface area (Å²) in [6.45, 7) is 3.72. The van der Waals surface area contributed by atoms with Gasteiger partial charge in [0.2, 0.25) is 5.91 Å². The van der Waals surface area contributed by atoms with Gasteiger partial charge in [-0.05, 0) is 44.2 Å². The van der Waals surface area contributed by atoms with Crippen LogP contribution in [0.15, 0.2) is 60.8 Å². The fourth-order valence-corrected chi connectivity index (χ4v) is 3.13. The molecule has 0 aliphatic rings. The third-order valence-corrected chi connectivity index (χ3v) is 4.62. The monoisotopic (exact) mass is 396 g/mol. The predicted molar refractivity (Wildman–Crippen MR) is 109 cm³/mol. The zero-order valence-electron chi connectivity index (χ0n) is 15.6. The number of para-hydroxylation sites is 1. The third-order valence-electron chi connectivity index (χ3n) is 4.39. The summed E-state index contributed by atoms with van der Waals surface area (Å²) >= 11 is 5.88. The van der Waals surface area contributed by atoms with Crippen LogP contribution in [0.4, 0.5) is 0 Å². The zero-order valence-corrected chi connectivity index (χ0v) is 16.4. The van der Waals surface area contributed by atoms with Gasteiger partial charge >= 0.3 is 0 Å². The highest BCUT2D eigenvalue weighted by Gasteiger charge is 2.17. The van der Waals surface area contributed by atoms with Gasteiger partial charge in [-0.3, -0.25) is 9.59 Å². The standard InChI is InChI=1S/C21H21ClN4O2/c1-14(19-12-24-26(15(19)2)18-9-4-3-5-10-18)25-20(27)13-23-21(28)16-7-6-8-17(22)11-16/h3-12,14H,13H2,1-2H3,(H,23,28)(H,25,27). The molecule has 2 N–H and O–H groups in total. The minimum Gasteiger partial charge on any atom is -0.348 e. The second-order valence-electron chi connectivity index (χ2n) is 6.41. The number of amides is 2. The quantitative estimate of drug-likeness (QED) is 0.670. The molecule has 0 radical (unpaired) electrons. The van der Waals surface area contributed by atoms with Crippen LogP contribution in [0.5, 0.6) is 0 Å². The minimum absolute atomic E-state index is 0.123. The van der Waals surface area contributed by atoms with Crippen molar-refractivity contribution < 1.29 is 9.59 Å². The van der Waals surface area contributed by atoms with Gasteiger partial charge in [-0.25, -0.2) is 4.68 Å². The molecule has 3 rings (SSSR count). The van der Waals surface area contributed by atoms with Gasteiger partial charge in [0, 0.05) is 21.8 Å². The van der Waals surface area contributed by atoms with Crippen molar-refractivity contribution in [2.24, 2.45) is 0 Å². The Balaban J connectivity index is 1.59. The first-order chi connectivity index (χ1) is 13.5. The zero-order chi connectivity index (χ0) is 20.1. The van der Waals surface area contributed by atoms with E-state index in [4.69, 9.17) is 11.6 Å². The topological polar surface area (TPSA) is 76.0 Å². The lowest BCUT2D eigenvalue weighted by Gasteiger charge is -2.14. The number of carbonyl (C=O) groups excluding carboxylic acids is 2. The van der Waals surface area contributed by atoms with E-state index in [2.05, 4.69) is 15.7 Å². The van der Waals surface area contributed by atoms with Gasteiger partial charge in [-0.2, -0.15) is 5.10 Å². The summed E-state index contributed by atoms with van der Waals surface area (Å²) in [5.74, 6) is -0.631. The second kappa shape index (κ2) is 8.71. The lowest BCUT2D eigenvalue weighted by Crippen LogP contribution is -2.38. The number of hydrogen-bond donors (Lipinski definition) is 2. The van der Waals surface area contributed by atoms with Crippen molar-refractivity contribution in [2.75, 3.05) is 6.54 Å². The Labute approximate surface area is 168 Å². The van der Waals surface area contributed by atoms with E-state index in [1.54, 1.807) is 30.5 Å². The highest BCUT2D eigenvalue weighted by molar-refractivity contribution is 6.30. The molecule has 0 saturated carbocycles. The van der Waals surface area contributed by atoms with Gasteiger partial charge in [0.1, 0.15) is 0 Å². The Morgan fingerprint density at radius 3 is 2.61 bits per heavy atom. The highest BCUT2D eigenvalue weighted by Crippen LogP contribution is 2.20. The van der Waals surface area contributed by atoms with E-state index in [0.29, 0.717) is 10.6 Å². The lowest BCUT2D eigenvalue weighted by atomic mass is 10.1. The van der Waals surface area contributed by atoms with Gasteiger partial charge in [-0.1, -0.05) is 35.9 Å². The molecule has 2 aromatic carbocycles. The van der Waals surface area contributed by atoms with Gasteiger partial charge in [0.05, 0.1) is 24.5 Å². The Morgan fingerprint density at radius 1 is 1.14 bits per heavy atom. The predicted octanol–water partition coefficient (Wildman–Crippen LogP) is 3.44. The summed E-state index contributed by atoms with van der Waals surface area (Å²) < 4.78 is 1.83. The van der Waals surface area contributed by atoms with Crippen molar-refractivity contribution in [3.05, 3.63) is 82.6 Å². The first-order valence-corrected chi connectivity index (χ1v) is 9.26. The molecule has 1 heterocycles. The van der Waals surface area contributed by atoms with Crippen molar-refractivity contribution in [1.29, 1.82) is 0 Å². The number of nitrogens with zero attached hydrogens (tertiary/aromatic N) is 2. The van der Waals surface area contributed by atoms with E-state index in [-0.39, 0.29) is 24.4 Å². The van der Waals surface area contributed by atoms with E-state index < -0.39 is 0 Å². The van der Waals surface area contributed by atoms with Crippen molar-refractivity contribution >= 4 is 23.4 Å². The molecule has 7 heteroatoms. The number of aromatic nitrogens is 2. The van der Waals surface area contributed by atoms with E-state index in [0.717, 1.165) is 16.9 Å². The van der Waals surface area contributed by atoms with Crippen LogP contribution < -0.4 is 10.6 Å². The van der Waals surface area contributed by atoms with Crippen molar-refractivity contribution in [3.63, 3.8) is 0 Å². The second-order valence-corrected chi connectivity index (χ2v) is 6.85. The van der Waals surface area contributed by atoms with Crippen LogP contribution in [0.25, 0.3) is 5.69 Å². The number of halogens is 1. The molecule has 3 aromatic rings. The summed E-state index contributed by atoms with van der Waals surface area (Å²) in [5.41, 5.74) is 3.23. The molecular formula is C21H21ClN4O2. The molecule has 28 heavy (non-hydrogen) atoms. The molecule has 0 spiro atoms. The van der Waals surface area contributed by atoms with Crippen LogP contribution in [0.3, 0.4) is 0 Å². The van der Waals surface area contributed by atoms with Gasteiger partial charge in [-0.15, -0.1) is 0 Å². The maximum absolute atomic E-state index is 12.2. The fraction of sp³-hybridized carbons (Fsp3) is 0.190. The lowest BCUT2D eigenvalue weighted by molar-refractivity contribution is -0.120. The van der Waals surface area contributed by atoms with E-state index in [1.165, 1.54) is 0 Å². The van der Waals surface area contributed by atoms with E-state index in [1.807, 2.05) is 48.9 Å². The molecule has 2 amide bonds. The molecule has 0 fully saturated rings. The third kappa shape index (κ3) is 4.58. The fourth-order valence-electron chi connectivity index (χ4n) is 2.94. The molecule has 1 atom stereocenters. The number of benzene rings is 2. The highest BCUT2D eigenvalue weighted by atomic mass is 35.5. The summed E-state index contributed by atoms with van der Waals surface area (Å²) in [7, 11) is 0. The number of hydrogen-bond acceptors (Lipinski definition) is 3. The van der Waals surface area contributed by atoms with Crippen LogP contribution >= 0.6 is 11.6 Å². The molecule has 6 nitrogen and oxygen atoms in total. The van der Waals surface area contributed by atoms with Crippen LogP contribution in [0.2, 0.25) is 5.02 Å². The summed E-state index contributed by atoms with van der Waals surface area (Å²) in [4.78, 5) is 24.3. The van der Waals surface area contributed by atoms with E-state index in [9.17, 15) is 9.59 Å². The maximum Gasteiger partial charge on any atom is 0.251 e. The molecule has 0 aliphatic heterocycles. The van der Waals surface area contributed by atoms with Crippen LogP contribution in [-0.4, -0.2) is 28.1 Å². The smallest absolute Gasteiger partial charge is 0.251 e. The summed E-state index contributed by atoms with van der Waals surface area (Å²) in [5, 5.41) is 10.4. The summed E-state index contributed by atoms with van der Waals surface area (Å²) in [6.07, 6.45) is 1.75. The molecule has 1 unspecified atom stereocenters. The Morgan fingerprint density at radius 2 is 1.89 bits per heavy atom. The molecule has 0 aliphatic carbocycles. The van der Waals surface area contributed by atoms with Gasteiger partial charge in [0.25, 0.3) is 5.91 Å². The molecule has 1 aromatic heterocycles. The molecular weight excluding hydrogens is 376 g/mol. The van der Waals surface area contributed by atoms with Crippen LogP contribution in [-0.2, 0) is 4.79 Å². The number of carbonyl (C=O) groups is 2. The van der Waals surface area contributed by atoms with Crippen LogP contribution in [0, 0.1) is 6.92 Å². The van der Waals surface area contributed by atoms with E-state index >= 15 is 0 Å². The number of nitrogens with one attached hydrogen (secondary N) is 2. The first-order valence-electron chi connectivity index (χ1n) is 8.89. The average Bonchev–Trinajstić information content (AvgIpc) is 3.08. The molecule has 0 saturated heterocycles. The minimum atomic E-state index is -0.349. The summed E-state index contributed by atoms with van der Waals surface area (Å²) in [6, 6.07) is 16.1. The Hall–Kier alpha value is -3.12. The normalized spacial score (nSPS) is 11.7. The van der Waals surface area contributed by atoms with Crippen molar-refractivity contribution in [2.45, 2.75) is 19.9 Å². The van der Waals surface area contributed by atoms with Gasteiger partial charge < -0.3 is 10.6 Å². The number of rotatable bonds is 6. The van der Waals surface area contributed by atoms with Crippen molar-refractivity contribution in [1.82, 2.24) is 20.4 Å². The molecule has 0 bridgehead atoms. The first kappa shape index (κ1) is 19.6. The molecule has 144 valence electrons. The Bertz CT molecular complexity index is 985. The van der Waals surface area contributed by atoms with Gasteiger partial charge in [0.15, 0.2) is 0 Å². The van der Waals surface area contributed by atoms with Crippen LogP contribution in [0.1, 0.15) is 34.6 Å². The Kier molecular flexibility index (Phi) is 6.11. The SMILES string of the molecule is Cc1c(C(C)NC(=O)CNC(=O)c2cccc(Cl)c2)cnn1-c1ccccc1. The van der Waals surface area contributed by atoms with Crippen molar-refractivity contribution in [3.8, 4) is 5.69 Å². The average molecular weight is 397 g/mol. The largest absolute Gasteiger partial charge is 0.348 e.